The number of aryl methyl sites for hydroxylation is 1. The highest BCUT2D eigenvalue weighted by Crippen LogP contribution is 2.22. The Morgan fingerprint density at radius 3 is 2.85 bits per heavy atom. The van der Waals surface area contributed by atoms with Crippen molar-refractivity contribution >= 4 is 11.8 Å². The first-order chi connectivity index (χ1) is 6.24. The van der Waals surface area contributed by atoms with Crippen LogP contribution in [0.3, 0.4) is 0 Å². The Kier molecular flexibility index (Phi) is 4.25. The summed E-state index contributed by atoms with van der Waals surface area (Å²) in [5, 5.41) is 3.07. The van der Waals surface area contributed by atoms with Gasteiger partial charge in [-0.25, -0.2) is 4.39 Å². The zero-order valence-corrected chi connectivity index (χ0v) is 8.75. The van der Waals surface area contributed by atoms with E-state index in [9.17, 15) is 4.39 Å². The molecule has 0 amide bonds. The van der Waals surface area contributed by atoms with Crippen LogP contribution in [0.5, 0.6) is 0 Å². The molecule has 1 aromatic carbocycles. The maximum absolute atomic E-state index is 12.7. The highest BCUT2D eigenvalue weighted by atomic mass is 32.2. The number of hydrogen-bond acceptors (Lipinski definition) is 2. The van der Waals surface area contributed by atoms with Gasteiger partial charge in [0.15, 0.2) is 0 Å². The van der Waals surface area contributed by atoms with Gasteiger partial charge < -0.3 is 5.32 Å². The standard InChI is InChI=1S/C10H14FNS/c1-8-7-9(11)3-4-10(8)13-6-5-12-2/h3-4,7,12H,5-6H2,1-2H3. The summed E-state index contributed by atoms with van der Waals surface area (Å²) in [7, 11) is 1.93. The van der Waals surface area contributed by atoms with Gasteiger partial charge in [0.2, 0.25) is 0 Å². The molecule has 1 nitrogen and oxygen atoms in total. The lowest BCUT2D eigenvalue weighted by atomic mass is 10.2. The van der Waals surface area contributed by atoms with Crippen LogP contribution in [0.2, 0.25) is 0 Å². The van der Waals surface area contributed by atoms with Crippen molar-refractivity contribution in [1.82, 2.24) is 5.32 Å². The second kappa shape index (κ2) is 5.25. The van der Waals surface area contributed by atoms with Crippen LogP contribution in [0.1, 0.15) is 5.56 Å². The first-order valence-electron chi connectivity index (χ1n) is 4.27. The third-order valence-electron chi connectivity index (χ3n) is 1.75. The summed E-state index contributed by atoms with van der Waals surface area (Å²) in [6.07, 6.45) is 0. The van der Waals surface area contributed by atoms with Crippen LogP contribution in [0, 0.1) is 12.7 Å². The third-order valence-corrected chi connectivity index (χ3v) is 2.92. The maximum Gasteiger partial charge on any atom is 0.123 e. The largest absolute Gasteiger partial charge is 0.319 e. The molecule has 1 N–H and O–H groups in total. The molecule has 0 aliphatic heterocycles. The third kappa shape index (κ3) is 3.36. The molecular formula is C10H14FNS. The summed E-state index contributed by atoms with van der Waals surface area (Å²) in [5.41, 5.74) is 1.01. The fraction of sp³-hybridized carbons (Fsp3) is 0.400. The summed E-state index contributed by atoms with van der Waals surface area (Å²) < 4.78 is 12.7. The van der Waals surface area contributed by atoms with Gasteiger partial charge >= 0.3 is 0 Å². The molecule has 3 heteroatoms. The molecule has 0 saturated heterocycles. The minimum absolute atomic E-state index is 0.157. The van der Waals surface area contributed by atoms with Crippen molar-refractivity contribution in [1.29, 1.82) is 0 Å². The molecule has 1 rings (SSSR count). The molecular weight excluding hydrogens is 185 g/mol. The number of benzene rings is 1. The summed E-state index contributed by atoms with van der Waals surface area (Å²) in [6, 6.07) is 4.92. The van der Waals surface area contributed by atoms with Gasteiger partial charge in [-0.3, -0.25) is 0 Å². The Bertz CT molecular complexity index is 276. The van der Waals surface area contributed by atoms with Gasteiger partial charge in [0.25, 0.3) is 0 Å². The van der Waals surface area contributed by atoms with Gasteiger partial charge in [0.05, 0.1) is 0 Å². The van der Waals surface area contributed by atoms with Gasteiger partial charge in [-0.2, -0.15) is 0 Å². The van der Waals surface area contributed by atoms with E-state index in [0.717, 1.165) is 22.8 Å². The van der Waals surface area contributed by atoms with Crippen molar-refractivity contribution in [3.05, 3.63) is 29.6 Å². The monoisotopic (exact) mass is 199 g/mol. The first-order valence-corrected chi connectivity index (χ1v) is 5.26. The molecule has 0 aliphatic rings. The lowest BCUT2D eigenvalue weighted by Crippen LogP contribution is -2.09. The molecule has 0 heterocycles. The second-order valence-electron chi connectivity index (χ2n) is 2.86. The van der Waals surface area contributed by atoms with Crippen LogP contribution in [0.25, 0.3) is 0 Å². The van der Waals surface area contributed by atoms with E-state index in [2.05, 4.69) is 5.32 Å². The van der Waals surface area contributed by atoms with E-state index in [1.165, 1.54) is 6.07 Å². The number of halogens is 1. The fourth-order valence-electron chi connectivity index (χ4n) is 1.04. The van der Waals surface area contributed by atoms with Crippen molar-refractivity contribution in [2.24, 2.45) is 0 Å². The molecule has 0 fully saturated rings. The molecule has 0 aliphatic carbocycles. The Balaban J connectivity index is 2.56. The quantitative estimate of drug-likeness (QED) is 0.590. The summed E-state index contributed by atoms with van der Waals surface area (Å²) in [5.74, 6) is 0.860. The summed E-state index contributed by atoms with van der Waals surface area (Å²) in [4.78, 5) is 1.16. The van der Waals surface area contributed by atoms with Crippen LogP contribution in [0.15, 0.2) is 23.1 Å². The highest BCUT2D eigenvalue weighted by molar-refractivity contribution is 7.99. The molecule has 0 spiro atoms. The molecule has 0 unspecified atom stereocenters. The van der Waals surface area contributed by atoms with E-state index >= 15 is 0 Å². The second-order valence-corrected chi connectivity index (χ2v) is 4.00. The van der Waals surface area contributed by atoms with Crippen LogP contribution in [-0.4, -0.2) is 19.3 Å². The Hall–Kier alpha value is -0.540. The topological polar surface area (TPSA) is 12.0 Å². The molecule has 0 atom stereocenters. The van der Waals surface area contributed by atoms with E-state index < -0.39 is 0 Å². The smallest absolute Gasteiger partial charge is 0.123 e. The zero-order chi connectivity index (χ0) is 9.68. The van der Waals surface area contributed by atoms with Gasteiger partial charge in [-0.05, 0) is 37.7 Å². The van der Waals surface area contributed by atoms with Crippen LogP contribution in [-0.2, 0) is 0 Å². The van der Waals surface area contributed by atoms with Crippen molar-refractivity contribution in [3.63, 3.8) is 0 Å². The summed E-state index contributed by atoms with van der Waals surface area (Å²) in [6.45, 7) is 2.91. The lowest BCUT2D eigenvalue weighted by Gasteiger charge is -2.04. The van der Waals surface area contributed by atoms with Crippen molar-refractivity contribution in [3.8, 4) is 0 Å². The van der Waals surface area contributed by atoms with Crippen molar-refractivity contribution in [2.45, 2.75) is 11.8 Å². The van der Waals surface area contributed by atoms with E-state index in [-0.39, 0.29) is 5.82 Å². The van der Waals surface area contributed by atoms with E-state index in [1.54, 1.807) is 17.8 Å². The Morgan fingerprint density at radius 1 is 1.46 bits per heavy atom. The Morgan fingerprint density at radius 2 is 2.23 bits per heavy atom. The zero-order valence-electron chi connectivity index (χ0n) is 7.93. The van der Waals surface area contributed by atoms with Gasteiger partial charge in [-0.1, -0.05) is 0 Å². The molecule has 0 bridgehead atoms. The number of thioether (sulfide) groups is 1. The van der Waals surface area contributed by atoms with Gasteiger partial charge in [0, 0.05) is 17.2 Å². The van der Waals surface area contributed by atoms with Crippen molar-refractivity contribution in [2.75, 3.05) is 19.3 Å². The molecule has 0 saturated carbocycles. The van der Waals surface area contributed by atoms with Crippen LogP contribution >= 0.6 is 11.8 Å². The number of nitrogens with one attached hydrogen (secondary N) is 1. The van der Waals surface area contributed by atoms with E-state index in [1.807, 2.05) is 20.0 Å². The maximum atomic E-state index is 12.7. The van der Waals surface area contributed by atoms with Crippen LogP contribution in [0.4, 0.5) is 4.39 Å². The highest BCUT2D eigenvalue weighted by Gasteiger charge is 1.99. The Labute approximate surface area is 82.7 Å². The molecule has 0 radical (unpaired) electrons. The lowest BCUT2D eigenvalue weighted by molar-refractivity contribution is 0.625. The van der Waals surface area contributed by atoms with E-state index in [0.29, 0.717) is 0 Å². The number of hydrogen-bond donors (Lipinski definition) is 1. The summed E-state index contributed by atoms with van der Waals surface area (Å²) >= 11 is 1.75. The van der Waals surface area contributed by atoms with Crippen LogP contribution < -0.4 is 5.32 Å². The predicted molar refractivity (Wildman–Crippen MR) is 55.8 cm³/mol. The van der Waals surface area contributed by atoms with Gasteiger partial charge in [0.1, 0.15) is 5.82 Å². The molecule has 13 heavy (non-hydrogen) atoms. The predicted octanol–water partition coefficient (Wildman–Crippen LogP) is 2.45. The minimum atomic E-state index is -0.157. The fourth-order valence-corrected chi connectivity index (χ4v) is 2.01. The SMILES string of the molecule is CNCCSc1ccc(F)cc1C. The minimum Gasteiger partial charge on any atom is -0.319 e. The average Bonchev–Trinajstić information content (AvgIpc) is 2.09. The van der Waals surface area contributed by atoms with Crippen molar-refractivity contribution < 1.29 is 4.39 Å². The normalized spacial score (nSPS) is 10.4. The first kappa shape index (κ1) is 10.5. The molecule has 0 aromatic heterocycles. The van der Waals surface area contributed by atoms with Gasteiger partial charge in [-0.15, -0.1) is 11.8 Å². The van der Waals surface area contributed by atoms with E-state index in [4.69, 9.17) is 0 Å². The average molecular weight is 199 g/mol. The molecule has 72 valence electrons. The molecule has 1 aromatic rings. The number of rotatable bonds is 4.